The van der Waals surface area contributed by atoms with Crippen LogP contribution in [-0.2, 0) is 35.3 Å². The summed E-state index contributed by atoms with van der Waals surface area (Å²) in [5, 5.41) is 0. The lowest BCUT2D eigenvalue weighted by Crippen LogP contribution is -2.42. The average molecular weight is 469 g/mol. The van der Waals surface area contributed by atoms with Gasteiger partial charge in [-0.3, -0.25) is 0 Å². The molecule has 0 N–H and O–H groups in total. The summed E-state index contributed by atoms with van der Waals surface area (Å²) < 4.78 is 41.5. The van der Waals surface area contributed by atoms with E-state index in [1.165, 1.54) is 5.56 Å². The van der Waals surface area contributed by atoms with Crippen molar-refractivity contribution in [3.63, 3.8) is 0 Å². The molecule has 8 heteroatoms. The molecule has 5 nitrogen and oxygen atoms in total. The molecule has 0 unspecified atom stereocenters. The third-order valence-corrected chi connectivity index (χ3v) is 10.6. The molecule has 0 saturated heterocycles. The molecule has 0 radical (unpaired) electrons. The van der Waals surface area contributed by atoms with Crippen LogP contribution in [0.2, 0.25) is 6.04 Å². The highest BCUT2D eigenvalue weighted by Gasteiger charge is 2.36. The summed E-state index contributed by atoms with van der Waals surface area (Å²) in [4.78, 5) is 0.371. The van der Waals surface area contributed by atoms with Crippen molar-refractivity contribution in [3.05, 3.63) is 65.2 Å². The molecule has 2 rings (SSSR count). The van der Waals surface area contributed by atoms with Gasteiger partial charge in [0.25, 0.3) is 0 Å². The Morgan fingerprint density at radius 1 is 0.833 bits per heavy atom. The number of hydrogen-bond acceptors (Lipinski definition) is 6. The van der Waals surface area contributed by atoms with Crippen LogP contribution in [0.4, 0.5) is 0 Å². The van der Waals surface area contributed by atoms with Crippen molar-refractivity contribution in [2.75, 3.05) is 32.8 Å². The standard InChI is InChI=1S/C22H32O5S2Si/c1-19-6-12-22(13-7-19)29(23,24)18-21-10-8-20(9-11-21)14-16-28-15-5-17-30(25-2,26-3)27-4/h6-13H,5,14-18H2,1-4H3. The summed E-state index contributed by atoms with van der Waals surface area (Å²) >= 11 is 1.89. The van der Waals surface area contributed by atoms with E-state index in [2.05, 4.69) is 0 Å². The van der Waals surface area contributed by atoms with Crippen molar-refractivity contribution < 1.29 is 21.7 Å². The lowest BCUT2D eigenvalue weighted by Gasteiger charge is -2.24. The molecule has 0 saturated carbocycles. The summed E-state index contributed by atoms with van der Waals surface area (Å²) in [6.07, 6.45) is 1.94. The third-order valence-electron chi connectivity index (χ3n) is 5.00. The minimum atomic E-state index is -3.32. The number of sulfone groups is 1. The van der Waals surface area contributed by atoms with Crippen LogP contribution in [-0.4, -0.2) is 50.1 Å². The van der Waals surface area contributed by atoms with Crippen molar-refractivity contribution >= 4 is 30.4 Å². The summed E-state index contributed by atoms with van der Waals surface area (Å²) in [5.41, 5.74) is 3.08. The highest BCUT2D eigenvalue weighted by Crippen LogP contribution is 2.20. The monoisotopic (exact) mass is 468 g/mol. The van der Waals surface area contributed by atoms with Gasteiger partial charge in [0.2, 0.25) is 0 Å². The zero-order valence-corrected chi connectivity index (χ0v) is 20.9. The van der Waals surface area contributed by atoms with Gasteiger partial charge in [0, 0.05) is 27.4 Å². The van der Waals surface area contributed by atoms with Crippen molar-refractivity contribution in [1.29, 1.82) is 0 Å². The molecule has 0 aliphatic heterocycles. The van der Waals surface area contributed by atoms with Crippen LogP contribution in [0.25, 0.3) is 0 Å². The zero-order chi connectivity index (χ0) is 22.0. The summed E-state index contributed by atoms with van der Waals surface area (Å²) in [6, 6.07) is 15.7. The molecule has 166 valence electrons. The van der Waals surface area contributed by atoms with Crippen LogP contribution in [0.5, 0.6) is 0 Å². The van der Waals surface area contributed by atoms with Gasteiger partial charge in [-0.1, -0.05) is 42.0 Å². The molecule has 0 fully saturated rings. The number of aryl methyl sites for hydroxylation is 2. The molecule has 0 aliphatic rings. The topological polar surface area (TPSA) is 61.8 Å². The van der Waals surface area contributed by atoms with E-state index in [1.54, 1.807) is 33.5 Å². The van der Waals surface area contributed by atoms with Gasteiger partial charge in [0.05, 0.1) is 10.6 Å². The van der Waals surface area contributed by atoms with Crippen LogP contribution in [0.15, 0.2) is 53.4 Å². The lowest BCUT2D eigenvalue weighted by molar-refractivity contribution is 0.123. The smallest absolute Gasteiger partial charge is 0.377 e. The minimum Gasteiger partial charge on any atom is -0.377 e. The van der Waals surface area contributed by atoms with Gasteiger partial charge in [-0.2, -0.15) is 11.8 Å². The molecule has 0 spiro atoms. The second kappa shape index (κ2) is 12.0. The third kappa shape index (κ3) is 7.51. The second-order valence-electron chi connectivity index (χ2n) is 7.15. The maximum atomic E-state index is 12.6. The van der Waals surface area contributed by atoms with Crippen LogP contribution in [0.1, 0.15) is 23.1 Å². The Balaban J connectivity index is 1.76. The molecular weight excluding hydrogens is 436 g/mol. The quantitative estimate of drug-likeness (QED) is 0.318. The van der Waals surface area contributed by atoms with Crippen LogP contribution in [0, 0.1) is 6.92 Å². The van der Waals surface area contributed by atoms with E-state index < -0.39 is 18.6 Å². The first-order valence-corrected chi connectivity index (χ1v) is 14.7. The van der Waals surface area contributed by atoms with E-state index in [4.69, 9.17) is 13.3 Å². The Hall–Kier alpha value is -1.16. The van der Waals surface area contributed by atoms with Crippen LogP contribution < -0.4 is 0 Å². The second-order valence-corrected chi connectivity index (χ2v) is 13.5. The fourth-order valence-electron chi connectivity index (χ4n) is 3.09. The van der Waals surface area contributed by atoms with Gasteiger partial charge in [-0.05, 0) is 54.5 Å². The fraction of sp³-hybridized carbons (Fsp3) is 0.455. The Morgan fingerprint density at radius 2 is 1.40 bits per heavy atom. The van der Waals surface area contributed by atoms with Gasteiger partial charge in [-0.15, -0.1) is 0 Å². The predicted octanol–water partition coefficient (Wildman–Crippen LogP) is 4.51. The largest absolute Gasteiger partial charge is 0.500 e. The average Bonchev–Trinajstić information content (AvgIpc) is 2.75. The van der Waals surface area contributed by atoms with Crippen molar-refractivity contribution in [2.45, 2.75) is 36.5 Å². The zero-order valence-electron chi connectivity index (χ0n) is 18.2. The van der Waals surface area contributed by atoms with Gasteiger partial charge >= 0.3 is 8.80 Å². The maximum Gasteiger partial charge on any atom is 0.500 e. The van der Waals surface area contributed by atoms with Crippen molar-refractivity contribution in [2.24, 2.45) is 0 Å². The van der Waals surface area contributed by atoms with E-state index in [0.29, 0.717) is 4.90 Å². The first-order chi connectivity index (χ1) is 14.3. The fourth-order valence-corrected chi connectivity index (χ4v) is 7.35. The molecule has 0 aliphatic carbocycles. The van der Waals surface area contributed by atoms with Gasteiger partial charge in [0.1, 0.15) is 0 Å². The van der Waals surface area contributed by atoms with Gasteiger partial charge in [-0.25, -0.2) is 8.42 Å². The van der Waals surface area contributed by atoms with Crippen LogP contribution >= 0.6 is 11.8 Å². The van der Waals surface area contributed by atoms with E-state index in [0.717, 1.165) is 41.5 Å². The number of hydrogen-bond donors (Lipinski definition) is 0. The highest BCUT2D eigenvalue weighted by atomic mass is 32.2. The molecule has 2 aromatic carbocycles. The van der Waals surface area contributed by atoms with E-state index in [9.17, 15) is 8.42 Å². The normalized spacial score (nSPS) is 12.3. The summed E-state index contributed by atoms with van der Waals surface area (Å²) in [6.45, 7) is 1.95. The number of rotatable bonds is 13. The maximum absolute atomic E-state index is 12.6. The molecule has 2 aromatic rings. The van der Waals surface area contributed by atoms with E-state index in [-0.39, 0.29) is 5.75 Å². The SMILES string of the molecule is CO[Si](CCCSCCc1ccc(CS(=O)(=O)c2ccc(C)cc2)cc1)(OC)OC. The number of thioether (sulfide) groups is 1. The summed E-state index contributed by atoms with van der Waals surface area (Å²) in [7, 11) is -0.855. The Kier molecular flexibility index (Phi) is 10.1. The number of benzene rings is 2. The Labute approximate surface area is 186 Å². The van der Waals surface area contributed by atoms with Crippen molar-refractivity contribution in [3.8, 4) is 0 Å². The molecule has 0 bridgehead atoms. The molecule has 0 aromatic heterocycles. The minimum absolute atomic E-state index is 0.0230. The highest BCUT2D eigenvalue weighted by molar-refractivity contribution is 7.99. The van der Waals surface area contributed by atoms with Crippen molar-refractivity contribution in [1.82, 2.24) is 0 Å². The molecule has 0 amide bonds. The molecule has 0 heterocycles. The summed E-state index contributed by atoms with van der Waals surface area (Å²) in [5.74, 6) is 2.06. The predicted molar refractivity (Wildman–Crippen MR) is 126 cm³/mol. The Bertz CT molecular complexity index is 855. The van der Waals surface area contributed by atoms with Gasteiger partial charge < -0.3 is 13.3 Å². The van der Waals surface area contributed by atoms with Gasteiger partial charge in [0.15, 0.2) is 9.84 Å². The first kappa shape index (κ1) is 25.1. The first-order valence-electron chi connectivity index (χ1n) is 9.94. The van der Waals surface area contributed by atoms with Crippen LogP contribution in [0.3, 0.4) is 0 Å². The van der Waals surface area contributed by atoms with E-state index >= 15 is 0 Å². The Morgan fingerprint density at radius 3 is 1.97 bits per heavy atom. The molecule has 0 atom stereocenters. The lowest BCUT2D eigenvalue weighted by atomic mass is 10.1. The molecule has 30 heavy (non-hydrogen) atoms. The molecular formula is C22H32O5S2Si. The van der Waals surface area contributed by atoms with E-state index in [1.807, 2.05) is 55.1 Å².